The van der Waals surface area contributed by atoms with Gasteiger partial charge in [-0.25, -0.2) is 0 Å². The number of carbonyl (C=O) groups is 1. The molecule has 20 heavy (non-hydrogen) atoms. The number of ether oxygens (including phenoxy) is 1. The summed E-state index contributed by atoms with van der Waals surface area (Å²) in [6, 6.07) is 7.97. The van der Waals surface area contributed by atoms with Crippen molar-refractivity contribution in [2.45, 2.75) is 41.9 Å². The molecular formula is C15H22N2O2S. The Hall–Kier alpha value is -1.04. The highest BCUT2D eigenvalue weighted by atomic mass is 32.2. The van der Waals surface area contributed by atoms with E-state index in [4.69, 9.17) is 10.5 Å². The molecule has 2 rings (SSSR count). The molecule has 1 saturated carbocycles. The van der Waals surface area contributed by atoms with Crippen LogP contribution < -0.4 is 11.1 Å². The zero-order valence-corrected chi connectivity index (χ0v) is 12.6. The summed E-state index contributed by atoms with van der Waals surface area (Å²) in [5, 5.41) is 3.57. The van der Waals surface area contributed by atoms with E-state index in [1.165, 1.54) is 37.7 Å². The van der Waals surface area contributed by atoms with Crippen LogP contribution in [0.2, 0.25) is 0 Å². The van der Waals surface area contributed by atoms with Gasteiger partial charge in [-0.3, -0.25) is 4.79 Å². The van der Waals surface area contributed by atoms with Gasteiger partial charge in [0.15, 0.2) is 0 Å². The molecule has 0 heterocycles. The molecule has 0 saturated heterocycles. The Labute approximate surface area is 124 Å². The smallest absolute Gasteiger partial charge is 0.254 e. The van der Waals surface area contributed by atoms with E-state index in [1.807, 2.05) is 23.9 Å². The molecule has 1 aromatic carbocycles. The summed E-state index contributed by atoms with van der Waals surface area (Å²) in [6.45, 7) is 0.179. The highest BCUT2D eigenvalue weighted by Crippen LogP contribution is 2.34. The predicted octanol–water partition coefficient (Wildman–Crippen LogP) is 2.63. The lowest BCUT2D eigenvalue weighted by atomic mass is 10.3. The van der Waals surface area contributed by atoms with Gasteiger partial charge < -0.3 is 15.8 Å². The van der Waals surface area contributed by atoms with Crippen LogP contribution in [-0.4, -0.2) is 30.9 Å². The maximum atomic E-state index is 11.8. The number of hydrogen-bond acceptors (Lipinski definition) is 4. The second kappa shape index (κ2) is 7.67. The summed E-state index contributed by atoms with van der Waals surface area (Å²) in [7, 11) is 1.48. The van der Waals surface area contributed by atoms with Crippen molar-refractivity contribution < 1.29 is 9.53 Å². The van der Waals surface area contributed by atoms with Gasteiger partial charge in [0.05, 0.1) is 0 Å². The number of amides is 1. The van der Waals surface area contributed by atoms with Gasteiger partial charge in [-0.15, -0.1) is 11.8 Å². The minimum absolute atomic E-state index is 0.179. The molecule has 3 N–H and O–H groups in total. The largest absolute Gasteiger partial charge is 0.370 e. The Morgan fingerprint density at radius 3 is 2.60 bits per heavy atom. The van der Waals surface area contributed by atoms with Gasteiger partial charge in [0, 0.05) is 29.5 Å². The average Bonchev–Trinajstić information content (AvgIpc) is 2.95. The van der Waals surface area contributed by atoms with Crippen molar-refractivity contribution in [3.63, 3.8) is 0 Å². The Bertz CT molecular complexity index is 426. The Morgan fingerprint density at radius 1 is 1.40 bits per heavy atom. The fourth-order valence-corrected chi connectivity index (χ4v) is 3.60. The van der Waals surface area contributed by atoms with Crippen LogP contribution >= 0.6 is 11.8 Å². The third-order valence-corrected chi connectivity index (χ3v) is 4.87. The molecule has 5 heteroatoms. The van der Waals surface area contributed by atoms with E-state index in [2.05, 4.69) is 17.4 Å². The first-order valence-electron chi connectivity index (χ1n) is 7.03. The zero-order valence-electron chi connectivity index (χ0n) is 11.8. The van der Waals surface area contributed by atoms with Crippen LogP contribution in [0.5, 0.6) is 0 Å². The molecule has 1 fully saturated rings. The van der Waals surface area contributed by atoms with Gasteiger partial charge >= 0.3 is 0 Å². The minimum Gasteiger partial charge on any atom is -0.370 e. The molecule has 4 nitrogen and oxygen atoms in total. The molecule has 0 spiro atoms. The quantitative estimate of drug-likeness (QED) is 0.846. The van der Waals surface area contributed by atoms with Gasteiger partial charge in [-0.1, -0.05) is 12.8 Å². The number of methoxy groups -OCH3 is 1. The number of thioether (sulfide) groups is 1. The van der Waals surface area contributed by atoms with E-state index < -0.39 is 6.10 Å². The third kappa shape index (κ3) is 4.23. The monoisotopic (exact) mass is 294 g/mol. The Morgan fingerprint density at radius 2 is 2.05 bits per heavy atom. The van der Waals surface area contributed by atoms with Crippen LogP contribution in [0.1, 0.15) is 25.7 Å². The van der Waals surface area contributed by atoms with E-state index in [-0.39, 0.29) is 12.5 Å². The molecule has 110 valence electrons. The van der Waals surface area contributed by atoms with E-state index in [9.17, 15) is 4.79 Å². The maximum Gasteiger partial charge on any atom is 0.254 e. The van der Waals surface area contributed by atoms with E-state index >= 15 is 0 Å². The second-order valence-corrected chi connectivity index (χ2v) is 6.37. The number of anilines is 1. The van der Waals surface area contributed by atoms with Crippen molar-refractivity contribution in [2.24, 2.45) is 5.73 Å². The van der Waals surface area contributed by atoms with E-state index in [0.29, 0.717) is 0 Å². The molecule has 0 radical (unpaired) electrons. The topological polar surface area (TPSA) is 64.3 Å². The van der Waals surface area contributed by atoms with Crippen LogP contribution in [0.15, 0.2) is 29.2 Å². The van der Waals surface area contributed by atoms with Crippen LogP contribution in [0.3, 0.4) is 0 Å². The summed E-state index contributed by atoms with van der Waals surface area (Å²) in [4.78, 5) is 13.1. The fourth-order valence-electron chi connectivity index (χ4n) is 2.35. The summed E-state index contributed by atoms with van der Waals surface area (Å²) in [5.41, 5.74) is 6.24. The van der Waals surface area contributed by atoms with Gasteiger partial charge in [-0.05, 0) is 37.1 Å². The van der Waals surface area contributed by atoms with Crippen molar-refractivity contribution in [2.75, 3.05) is 19.0 Å². The summed E-state index contributed by atoms with van der Waals surface area (Å²) < 4.78 is 5.00. The normalized spacial score (nSPS) is 17.1. The molecule has 1 unspecified atom stereocenters. The van der Waals surface area contributed by atoms with Crippen molar-refractivity contribution in [3.05, 3.63) is 24.3 Å². The lowest BCUT2D eigenvalue weighted by Gasteiger charge is -2.13. The first-order valence-corrected chi connectivity index (χ1v) is 7.91. The van der Waals surface area contributed by atoms with Crippen molar-refractivity contribution in [1.29, 1.82) is 0 Å². The van der Waals surface area contributed by atoms with Crippen LogP contribution in [0, 0.1) is 0 Å². The number of nitrogens with one attached hydrogen (secondary N) is 1. The minimum atomic E-state index is -0.595. The van der Waals surface area contributed by atoms with E-state index in [0.717, 1.165) is 10.9 Å². The van der Waals surface area contributed by atoms with Crippen molar-refractivity contribution in [3.8, 4) is 0 Å². The fraction of sp³-hybridized carbons (Fsp3) is 0.533. The van der Waals surface area contributed by atoms with Gasteiger partial charge in [-0.2, -0.15) is 0 Å². The van der Waals surface area contributed by atoms with Crippen LogP contribution in [0.25, 0.3) is 0 Å². The first-order chi connectivity index (χ1) is 9.72. The SMILES string of the molecule is COC(CN)C(=O)Nc1ccc(SC2CCCC2)cc1. The van der Waals surface area contributed by atoms with Crippen molar-refractivity contribution >= 4 is 23.4 Å². The molecular weight excluding hydrogens is 272 g/mol. The molecule has 1 aliphatic rings. The maximum absolute atomic E-state index is 11.8. The van der Waals surface area contributed by atoms with Crippen LogP contribution in [-0.2, 0) is 9.53 Å². The average molecular weight is 294 g/mol. The highest BCUT2D eigenvalue weighted by molar-refractivity contribution is 8.00. The summed E-state index contributed by atoms with van der Waals surface area (Å²) >= 11 is 1.94. The highest BCUT2D eigenvalue weighted by Gasteiger charge is 2.17. The summed E-state index contributed by atoms with van der Waals surface area (Å²) in [5.74, 6) is -0.203. The first kappa shape index (κ1) is 15.4. The van der Waals surface area contributed by atoms with E-state index in [1.54, 1.807) is 0 Å². The van der Waals surface area contributed by atoms with Gasteiger partial charge in [0.1, 0.15) is 6.10 Å². The van der Waals surface area contributed by atoms with Gasteiger partial charge in [0.25, 0.3) is 5.91 Å². The lowest BCUT2D eigenvalue weighted by molar-refractivity contribution is -0.125. The molecule has 1 amide bonds. The predicted molar refractivity (Wildman–Crippen MR) is 83.0 cm³/mol. The Balaban J connectivity index is 1.89. The molecule has 0 bridgehead atoms. The number of benzene rings is 1. The molecule has 1 aliphatic carbocycles. The lowest BCUT2D eigenvalue weighted by Crippen LogP contribution is -2.35. The number of carbonyl (C=O) groups excluding carboxylic acids is 1. The number of hydrogen-bond donors (Lipinski definition) is 2. The van der Waals surface area contributed by atoms with Crippen LogP contribution in [0.4, 0.5) is 5.69 Å². The molecule has 0 aliphatic heterocycles. The van der Waals surface area contributed by atoms with Gasteiger partial charge in [0.2, 0.25) is 0 Å². The third-order valence-electron chi connectivity index (χ3n) is 3.52. The molecule has 0 aromatic heterocycles. The standard InChI is InChI=1S/C15H22N2O2S/c1-19-14(10-16)15(18)17-11-6-8-13(9-7-11)20-12-4-2-3-5-12/h6-9,12,14H,2-5,10,16H2,1H3,(H,17,18). The number of rotatable bonds is 6. The Kier molecular flexibility index (Phi) is 5.88. The van der Waals surface area contributed by atoms with Crippen molar-refractivity contribution in [1.82, 2.24) is 0 Å². The molecule has 1 atom stereocenters. The summed E-state index contributed by atoms with van der Waals surface area (Å²) in [6.07, 6.45) is 4.74. The zero-order chi connectivity index (χ0) is 14.4. The second-order valence-electron chi connectivity index (χ2n) is 5.00. The molecule has 1 aromatic rings. The number of nitrogens with two attached hydrogens (primary N) is 1.